The Bertz CT molecular complexity index is 933. The summed E-state index contributed by atoms with van der Waals surface area (Å²) in [5, 5.41) is 10.1. The van der Waals surface area contributed by atoms with E-state index in [-0.39, 0.29) is 53.8 Å². The van der Waals surface area contributed by atoms with Gasteiger partial charge in [0.25, 0.3) is 0 Å². The number of likely N-dealkylation sites (N-methyl/N-ethyl adjacent to an activating group) is 1. The number of allylic oxidation sites excluding steroid dienone is 1. The first kappa shape index (κ1) is 30.8. The van der Waals surface area contributed by atoms with Crippen LogP contribution in [0.2, 0.25) is 0 Å². The number of likely N-dealkylation sites (tertiary alicyclic amines) is 1. The Morgan fingerprint density at radius 1 is 1.07 bits per heavy atom. The van der Waals surface area contributed by atoms with Crippen LogP contribution in [0.4, 0.5) is 4.39 Å². The molecule has 7 N–H and O–H groups in total. The number of carbonyl (C=O) groups excluding carboxylic acids is 2. The van der Waals surface area contributed by atoms with Crippen molar-refractivity contribution < 1.29 is 14.0 Å². The molecule has 2 amide bonds. The minimum Gasteiger partial charge on any atom is -0.350 e. The third-order valence-corrected chi connectivity index (χ3v) is 10.7. The molecule has 4 aliphatic heterocycles. The van der Waals surface area contributed by atoms with Gasteiger partial charge in [-0.05, 0) is 70.5 Å². The molecule has 4 heterocycles. The maximum Gasteiger partial charge on any atom is 0.240 e. The molecular weight excluding hydrogens is 523 g/mol. The van der Waals surface area contributed by atoms with E-state index >= 15 is 0 Å². The van der Waals surface area contributed by atoms with E-state index in [1.54, 1.807) is 6.08 Å². The lowest BCUT2D eigenvalue weighted by Gasteiger charge is -2.46. The van der Waals surface area contributed by atoms with E-state index in [2.05, 4.69) is 25.8 Å². The highest BCUT2D eigenvalue weighted by Gasteiger charge is 2.43. The molecule has 1 aliphatic carbocycles. The summed E-state index contributed by atoms with van der Waals surface area (Å²) in [5.41, 5.74) is 12.6. The number of piperidine rings is 1. The average molecular weight is 577 g/mol. The van der Waals surface area contributed by atoms with Crippen LogP contribution >= 0.6 is 0 Å². The third-order valence-electron chi connectivity index (χ3n) is 10.7. The molecule has 0 bridgehead atoms. The van der Waals surface area contributed by atoms with E-state index in [0.29, 0.717) is 13.0 Å². The zero-order valence-corrected chi connectivity index (χ0v) is 25.0. The quantitative estimate of drug-likeness (QED) is 0.289. The number of hydrogen-bond donors (Lipinski definition) is 5. The van der Waals surface area contributed by atoms with Gasteiger partial charge in [-0.1, -0.05) is 25.3 Å². The first-order chi connectivity index (χ1) is 19.8. The standard InChI is InChI=1S/C30H53FN8O2/c1-37-13-5-6-25(37)29(41)39-16-14-38(15-17-39)24-8-12-34-20-23(24)36-28(40)26(27(32)33)22-18-30(9-3-2-4-10-30)11-7-21(31)19-35-22/h7,22-27,34-35H,2-6,8-20,32-33H2,1H3,(H,36,40)/b21-7+/t22?,23?,24?,25-,26?/m0/s1. The smallest absolute Gasteiger partial charge is 0.240 e. The van der Waals surface area contributed by atoms with Crippen molar-refractivity contribution in [3.05, 3.63) is 11.9 Å². The number of nitrogens with zero attached hydrogens (tertiary/aromatic N) is 3. The van der Waals surface area contributed by atoms with E-state index in [9.17, 15) is 14.0 Å². The largest absolute Gasteiger partial charge is 0.350 e. The van der Waals surface area contributed by atoms with Crippen LogP contribution in [0.5, 0.6) is 0 Å². The highest BCUT2D eigenvalue weighted by Crippen LogP contribution is 2.45. The zero-order chi connectivity index (χ0) is 29.0. The predicted octanol–water partition coefficient (Wildman–Crippen LogP) is 0.487. The highest BCUT2D eigenvalue weighted by atomic mass is 19.1. The minimum atomic E-state index is -0.849. The van der Waals surface area contributed by atoms with Crippen molar-refractivity contribution in [3.8, 4) is 0 Å². The van der Waals surface area contributed by atoms with Gasteiger partial charge >= 0.3 is 0 Å². The topological polar surface area (TPSA) is 132 Å². The van der Waals surface area contributed by atoms with Crippen molar-refractivity contribution >= 4 is 11.8 Å². The normalized spacial score (nSPS) is 34.1. The molecule has 0 aromatic rings. The van der Waals surface area contributed by atoms with E-state index in [1.165, 1.54) is 6.42 Å². The van der Waals surface area contributed by atoms with Gasteiger partial charge in [0.05, 0.1) is 24.2 Å². The summed E-state index contributed by atoms with van der Waals surface area (Å²) >= 11 is 0. The monoisotopic (exact) mass is 576 g/mol. The Labute approximate surface area is 245 Å². The van der Waals surface area contributed by atoms with Crippen molar-refractivity contribution in [3.63, 3.8) is 0 Å². The molecule has 4 unspecified atom stereocenters. The summed E-state index contributed by atoms with van der Waals surface area (Å²) < 4.78 is 14.6. The second-order valence-electron chi connectivity index (χ2n) is 13.4. The highest BCUT2D eigenvalue weighted by molar-refractivity contribution is 5.82. The zero-order valence-electron chi connectivity index (χ0n) is 25.0. The van der Waals surface area contributed by atoms with Crippen LogP contribution < -0.4 is 27.4 Å². The lowest BCUT2D eigenvalue weighted by Crippen LogP contribution is -2.66. The molecule has 1 saturated carbocycles. The Balaban J connectivity index is 1.23. The number of carbonyl (C=O) groups is 2. The van der Waals surface area contributed by atoms with Crippen molar-refractivity contribution in [2.45, 2.75) is 94.5 Å². The van der Waals surface area contributed by atoms with Gasteiger partial charge in [-0.2, -0.15) is 0 Å². The van der Waals surface area contributed by atoms with Crippen LogP contribution in [-0.2, 0) is 9.59 Å². The summed E-state index contributed by atoms with van der Waals surface area (Å²) in [6.07, 6.45) is 10.9. The van der Waals surface area contributed by atoms with Gasteiger partial charge in [-0.3, -0.25) is 19.4 Å². The fourth-order valence-electron chi connectivity index (χ4n) is 8.25. The third kappa shape index (κ3) is 7.30. The molecule has 3 saturated heterocycles. The fraction of sp³-hybridized carbons (Fsp3) is 0.867. The first-order valence-corrected chi connectivity index (χ1v) is 16.1. The molecule has 0 aromatic carbocycles. The van der Waals surface area contributed by atoms with Crippen molar-refractivity contribution in [2.75, 3.05) is 59.4 Å². The van der Waals surface area contributed by atoms with E-state index in [1.807, 2.05) is 11.9 Å². The molecule has 4 fully saturated rings. The summed E-state index contributed by atoms with van der Waals surface area (Å²) in [5.74, 6) is -0.711. The van der Waals surface area contributed by atoms with Gasteiger partial charge < -0.3 is 32.3 Å². The SMILES string of the molecule is CN1CCC[C@H]1C(=O)N1CCN(C2CCNCC2NC(=O)C(C(N)N)C2CC3(C/C=C(/F)CN2)CCCCC3)CC1. The molecule has 5 aliphatic rings. The van der Waals surface area contributed by atoms with Gasteiger partial charge in [-0.25, -0.2) is 4.39 Å². The van der Waals surface area contributed by atoms with Crippen molar-refractivity contribution in [1.82, 2.24) is 30.7 Å². The van der Waals surface area contributed by atoms with Crippen LogP contribution in [0.3, 0.4) is 0 Å². The van der Waals surface area contributed by atoms with Gasteiger partial charge in [0.15, 0.2) is 0 Å². The van der Waals surface area contributed by atoms with E-state index < -0.39 is 12.1 Å². The fourth-order valence-corrected chi connectivity index (χ4v) is 8.25. The number of nitrogens with one attached hydrogen (secondary N) is 3. The van der Waals surface area contributed by atoms with Crippen LogP contribution in [0, 0.1) is 11.3 Å². The van der Waals surface area contributed by atoms with Crippen LogP contribution in [0.1, 0.15) is 64.2 Å². The van der Waals surface area contributed by atoms with Gasteiger partial charge in [0.2, 0.25) is 11.8 Å². The van der Waals surface area contributed by atoms with Crippen LogP contribution in [0.15, 0.2) is 11.9 Å². The Hall–Kier alpha value is -1.63. The van der Waals surface area contributed by atoms with Crippen LogP contribution in [-0.4, -0.2) is 116 Å². The summed E-state index contributed by atoms with van der Waals surface area (Å²) in [6, 6.07) is -0.180. The van der Waals surface area contributed by atoms with E-state index in [4.69, 9.17) is 11.5 Å². The second-order valence-corrected chi connectivity index (χ2v) is 13.4. The Morgan fingerprint density at radius 2 is 1.83 bits per heavy atom. The number of nitrogens with two attached hydrogens (primary N) is 2. The molecule has 0 aromatic heterocycles. The number of piperazine rings is 1. The lowest BCUT2D eigenvalue weighted by molar-refractivity contribution is -0.137. The molecular formula is C30H53FN8O2. The average Bonchev–Trinajstić information content (AvgIpc) is 3.40. The second kappa shape index (κ2) is 13.8. The molecule has 11 heteroatoms. The summed E-state index contributed by atoms with van der Waals surface area (Å²) in [4.78, 5) is 33.7. The maximum absolute atomic E-state index is 14.6. The number of rotatable bonds is 6. The number of hydrogen-bond acceptors (Lipinski definition) is 8. The predicted molar refractivity (Wildman–Crippen MR) is 158 cm³/mol. The van der Waals surface area contributed by atoms with Gasteiger partial charge in [0.1, 0.15) is 5.83 Å². The van der Waals surface area contributed by atoms with Crippen molar-refractivity contribution in [1.29, 1.82) is 0 Å². The maximum atomic E-state index is 14.6. The Morgan fingerprint density at radius 3 is 2.51 bits per heavy atom. The van der Waals surface area contributed by atoms with Crippen LogP contribution in [0.25, 0.3) is 0 Å². The first-order valence-electron chi connectivity index (χ1n) is 16.1. The van der Waals surface area contributed by atoms with Crippen molar-refractivity contribution in [2.24, 2.45) is 22.8 Å². The molecule has 1 spiro atoms. The van der Waals surface area contributed by atoms with Gasteiger partial charge in [-0.15, -0.1) is 0 Å². The molecule has 10 nitrogen and oxygen atoms in total. The molecule has 41 heavy (non-hydrogen) atoms. The van der Waals surface area contributed by atoms with E-state index in [0.717, 1.165) is 90.6 Å². The van der Waals surface area contributed by atoms with Gasteiger partial charge in [0, 0.05) is 51.4 Å². The lowest BCUT2D eigenvalue weighted by atomic mass is 9.66. The summed E-state index contributed by atoms with van der Waals surface area (Å²) in [6.45, 7) is 5.70. The number of halogens is 1. The number of amides is 2. The summed E-state index contributed by atoms with van der Waals surface area (Å²) in [7, 11) is 2.04. The molecule has 5 atom stereocenters. The molecule has 0 radical (unpaired) electrons. The molecule has 232 valence electrons. The molecule has 5 rings (SSSR count). The Kier molecular flexibility index (Phi) is 10.4. The minimum absolute atomic E-state index is 0.0135.